The van der Waals surface area contributed by atoms with E-state index in [1.165, 1.54) is 21.3 Å². The molecule has 2 saturated heterocycles. The summed E-state index contributed by atoms with van der Waals surface area (Å²) in [7, 11) is 1.36. The number of aliphatic hydroxyl groups excluding tert-OH is 2. The second-order valence-electron chi connectivity index (χ2n) is 18.7. The van der Waals surface area contributed by atoms with Crippen molar-refractivity contribution >= 4 is 25.9 Å². The summed E-state index contributed by atoms with van der Waals surface area (Å²) in [6.07, 6.45) is -3.52. The summed E-state index contributed by atoms with van der Waals surface area (Å²) in [6, 6.07) is -1.28. The number of halogens is 2. The van der Waals surface area contributed by atoms with Gasteiger partial charge in [-0.2, -0.15) is 0 Å². The van der Waals surface area contributed by atoms with Crippen LogP contribution in [0.1, 0.15) is 119 Å². The Morgan fingerprint density at radius 3 is 2.23 bits per heavy atom. The smallest absolute Gasteiger partial charge is 0.456 e. The molecule has 1 amide bonds. The molecule has 16 atom stereocenters. The van der Waals surface area contributed by atoms with Crippen molar-refractivity contribution in [3.63, 3.8) is 0 Å². The predicted octanol–water partition coefficient (Wildman–Crippen LogP) is 6.62. The molecule has 18 heteroatoms. The van der Waals surface area contributed by atoms with Gasteiger partial charge in [-0.3, -0.25) is 9.59 Å². The van der Waals surface area contributed by atoms with Crippen LogP contribution >= 0.6 is 8.25 Å². The van der Waals surface area contributed by atoms with Crippen molar-refractivity contribution in [2.45, 2.75) is 186 Å². The molecule has 3 fully saturated rings. The summed E-state index contributed by atoms with van der Waals surface area (Å²) >= 11 is 0. The lowest BCUT2D eigenvalue weighted by molar-refractivity contribution is -0.302. The number of amides is 1. The van der Waals surface area contributed by atoms with Crippen molar-refractivity contribution in [1.29, 1.82) is 0 Å². The molecule has 3 heterocycles. The normalized spacial score (nSPS) is 40.5. The minimum atomic E-state index is -3.27. The van der Waals surface area contributed by atoms with Gasteiger partial charge >= 0.3 is 14.2 Å². The highest BCUT2D eigenvalue weighted by molar-refractivity contribution is 7.33. The predicted molar refractivity (Wildman–Crippen MR) is 232 cm³/mol. The minimum Gasteiger partial charge on any atom is -0.456 e. The van der Waals surface area contributed by atoms with Gasteiger partial charge in [-0.25, -0.2) is 13.6 Å². The van der Waals surface area contributed by atoms with E-state index >= 15 is 8.78 Å². The number of esters is 1. The van der Waals surface area contributed by atoms with E-state index in [2.05, 4.69) is 0 Å². The van der Waals surface area contributed by atoms with Crippen LogP contribution in [0.15, 0.2) is 23.3 Å². The van der Waals surface area contributed by atoms with Crippen molar-refractivity contribution < 1.29 is 75.8 Å². The summed E-state index contributed by atoms with van der Waals surface area (Å²) in [5.41, 5.74) is -1.36. The van der Waals surface area contributed by atoms with Crippen molar-refractivity contribution in [3.8, 4) is 0 Å². The van der Waals surface area contributed by atoms with Gasteiger partial charge in [0.25, 0.3) is 18.1 Å². The van der Waals surface area contributed by atoms with E-state index in [1.54, 1.807) is 47.6 Å². The fraction of sp³-hybridized carbons (Fsp3) is 0.848. The van der Waals surface area contributed by atoms with Gasteiger partial charge in [0.1, 0.15) is 24.9 Å². The van der Waals surface area contributed by atoms with E-state index in [0.29, 0.717) is 56.1 Å². The van der Waals surface area contributed by atoms with Crippen LogP contribution in [-0.2, 0) is 51.7 Å². The number of fused-ring (bicyclic) bond motifs is 3. The molecule has 2 bridgehead atoms. The quantitative estimate of drug-likeness (QED) is 0.0866. The number of nitrogens with zero attached hydrogens (tertiary/aromatic N) is 1. The van der Waals surface area contributed by atoms with E-state index in [-0.39, 0.29) is 44.2 Å². The van der Waals surface area contributed by atoms with Crippen LogP contribution in [-0.4, -0.2) is 139 Å². The lowest BCUT2D eigenvalue weighted by atomic mass is 9.76. The average molecular weight is 935 g/mol. The Balaban J connectivity index is 1.90. The molecule has 3 N–H and O–H groups in total. The molecule has 4 rings (SSSR count). The van der Waals surface area contributed by atoms with Gasteiger partial charge in [0.15, 0.2) is 5.60 Å². The van der Waals surface area contributed by atoms with Gasteiger partial charge in [-0.05, 0) is 102 Å². The van der Waals surface area contributed by atoms with Crippen LogP contribution in [0.4, 0.5) is 8.78 Å². The summed E-state index contributed by atoms with van der Waals surface area (Å²) in [6.45, 7) is 11.7. The summed E-state index contributed by atoms with van der Waals surface area (Å²) in [5.74, 6) is -9.27. The molecule has 0 aromatic rings. The fourth-order valence-electron chi connectivity index (χ4n) is 10.3. The number of cyclic esters (lactones) is 1. The Hall–Kier alpha value is -2.31. The molecular formula is C46H75F2NO14P+. The zero-order chi connectivity index (χ0) is 47.7. The van der Waals surface area contributed by atoms with E-state index in [0.717, 1.165) is 4.90 Å². The van der Waals surface area contributed by atoms with Gasteiger partial charge in [0.05, 0.1) is 30.5 Å². The molecule has 0 spiro atoms. The number of aliphatic hydroxyl groups is 3. The topological polar surface area (TPSA) is 197 Å². The highest BCUT2D eigenvalue weighted by Gasteiger charge is 2.58. The van der Waals surface area contributed by atoms with Crippen LogP contribution in [0.2, 0.25) is 0 Å². The Kier molecular flexibility index (Phi) is 20.5. The first-order valence-corrected chi connectivity index (χ1v) is 24.1. The molecular weight excluding hydrogens is 859 g/mol. The standard InChI is InChI=1S/C46H75F2NO14P/c1-11-32-20-26(3)19-27(4)21-37(58-9)40-38(59-10)23-29(6)46(55,62-40)41(52)42(53)49-18-14-13-15-33(49)43(54)61-39(28(5)22-31-16-17-34(50)36(24-31)57-8)30(7)35(51)25-45(32,44(47)48)63-64(56)60-12-2/h20,22,27,29-40,44,50-51,55H,11-19,21,23-25H2,1-10H3/q+1/b26-20+,28-22+/t27-,29+,30+,31-,32+,33-,34+,35-,36+,37-,38-,39+,40+,45?,46+/m0/s1. The first kappa shape index (κ1) is 54.3. The maximum absolute atomic E-state index is 16.0. The maximum atomic E-state index is 16.0. The number of hydrogen-bond acceptors (Lipinski definition) is 14. The number of alkyl halides is 2. The van der Waals surface area contributed by atoms with E-state index in [9.17, 15) is 34.3 Å². The average Bonchev–Trinajstić information content (AvgIpc) is 3.26. The van der Waals surface area contributed by atoms with Crippen LogP contribution < -0.4 is 0 Å². The van der Waals surface area contributed by atoms with Gasteiger partial charge in [-0.1, -0.05) is 45.4 Å². The molecule has 4 aliphatic rings. The summed E-state index contributed by atoms with van der Waals surface area (Å²) in [5, 5.41) is 34.8. The van der Waals surface area contributed by atoms with E-state index in [4.69, 9.17) is 32.7 Å². The number of Topliss-reactive ketones (excluding diaryl/α,β-unsaturated/α-hetero) is 1. The molecule has 1 saturated carbocycles. The second kappa shape index (κ2) is 24.1. The Morgan fingerprint density at radius 1 is 0.969 bits per heavy atom. The largest absolute Gasteiger partial charge is 0.698 e. The van der Waals surface area contributed by atoms with Crippen molar-refractivity contribution in [3.05, 3.63) is 23.3 Å². The summed E-state index contributed by atoms with van der Waals surface area (Å²) in [4.78, 5) is 44.3. The lowest BCUT2D eigenvalue weighted by Gasteiger charge is -2.47. The van der Waals surface area contributed by atoms with Crippen LogP contribution in [0.5, 0.6) is 0 Å². The molecule has 2 unspecified atom stereocenters. The maximum Gasteiger partial charge on any atom is 0.698 e. The number of allylic oxidation sites excluding steroid dienone is 2. The zero-order valence-electron chi connectivity index (χ0n) is 39.4. The number of carbonyl (C=O) groups is 3. The third-order valence-electron chi connectivity index (χ3n) is 14.1. The monoisotopic (exact) mass is 934 g/mol. The van der Waals surface area contributed by atoms with Crippen molar-refractivity contribution in [1.82, 2.24) is 4.90 Å². The molecule has 0 aromatic carbocycles. The summed E-state index contributed by atoms with van der Waals surface area (Å²) < 4.78 is 85.8. The first-order chi connectivity index (χ1) is 30.2. The Morgan fingerprint density at radius 2 is 1.62 bits per heavy atom. The van der Waals surface area contributed by atoms with Crippen LogP contribution in [0, 0.1) is 29.6 Å². The highest BCUT2D eigenvalue weighted by atomic mass is 31.1. The third kappa shape index (κ3) is 12.6. The lowest BCUT2D eigenvalue weighted by Crippen LogP contribution is -2.64. The molecule has 64 heavy (non-hydrogen) atoms. The number of carbonyl (C=O) groups excluding carboxylic acids is 3. The SMILES string of the molecule is CCO[P+](=O)OC1(C(F)F)C[C@H](O)[C@@H](C)[C@@H](/C(C)=C/[C@@H]2CC[C@@H](O)[C@H](OC)C2)OC(=O)[C@@H]2CCCCN2C(=O)C(=O)[C@]2(O)O[C@H]([C@@H](OC)C[C@@H](C)C/C(C)=C/[C@H]1CC)[C@@H](OC)C[C@H]2C. The molecule has 366 valence electrons. The second-order valence-corrected chi connectivity index (χ2v) is 19.6. The zero-order valence-corrected chi connectivity index (χ0v) is 40.3. The molecule has 15 nitrogen and oxygen atoms in total. The van der Waals surface area contributed by atoms with Crippen LogP contribution in [0.3, 0.4) is 0 Å². The molecule has 1 aliphatic carbocycles. The van der Waals surface area contributed by atoms with Gasteiger partial charge in [0.2, 0.25) is 5.79 Å². The third-order valence-corrected chi connectivity index (χ3v) is 15.0. The van der Waals surface area contributed by atoms with Crippen LogP contribution in [0.25, 0.3) is 0 Å². The van der Waals surface area contributed by atoms with Crippen molar-refractivity contribution in [2.75, 3.05) is 34.5 Å². The number of ether oxygens (including phenoxy) is 5. The van der Waals surface area contributed by atoms with Gasteiger partial charge in [-0.15, -0.1) is 9.05 Å². The number of piperidine rings is 1. The fourth-order valence-corrected chi connectivity index (χ4v) is 11.2. The first-order valence-electron chi connectivity index (χ1n) is 23.0. The number of hydrogen-bond donors (Lipinski definition) is 3. The van der Waals surface area contributed by atoms with Gasteiger partial charge in [0, 0.05) is 56.6 Å². The number of methoxy groups -OCH3 is 3. The number of ketones is 1. The molecule has 0 aromatic heterocycles. The van der Waals surface area contributed by atoms with E-state index in [1.807, 2.05) is 13.0 Å². The molecule has 0 radical (unpaired) electrons. The molecule has 3 aliphatic heterocycles. The Bertz CT molecular complexity index is 1650. The van der Waals surface area contributed by atoms with Crippen molar-refractivity contribution in [2.24, 2.45) is 29.6 Å². The Labute approximate surface area is 378 Å². The van der Waals surface area contributed by atoms with Gasteiger partial charge < -0.3 is 43.9 Å². The highest BCUT2D eigenvalue weighted by Crippen LogP contribution is 2.47. The minimum absolute atomic E-state index is 0.00534. The number of rotatable bonds is 11. The van der Waals surface area contributed by atoms with E-state index < -0.39 is 117 Å².